The van der Waals surface area contributed by atoms with Gasteiger partial charge in [0.15, 0.2) is 6.61 Å². The number of nitrogens with one attached hydrogen (secondary N) is 1. The van der Waals surface area contributed by atoms with Crippen LogP contribution >= 0.6 is 0 Å². The number of carbonyl (C=O) groups is 3. The molecule has 1 N–H and O–H groups in total. The summed E-state index contributed by atoms with van der Waals surface area (Å²) in [5, 5.41) is 3.10. The van der Waals surface area contributed by atoms with E-state index >= 15 is 0 Å². The number of likely N-dealkylation sites (tertiary alicyclic amines) is 1. The van der Waals surface area contributed by atoms with E-state index in [0.29, 0.717) is 30.1 Å². The first-order valence-corrected chi connectivity index (χ1v) is 12.4. The molecule has 2 aliphatic heterocycles. The number of nitrogens with zero attached hydrogens (tertiary/aromatic N) is 3. The van der Waals surface area contributed by atoms with Crippen LogP contribution in [0, 0.1) is 0 Å². The number of piperidine rings is 1. The first-order chi connectivity index (χ1) is 17.0. The Morgan fingerprint density at radius 2 is 1.77 bits per heavy atom. The van der Waals surface area contributed by atoms with Gasteiger partial charge in [-0.25, -0.2) is 0 Å². The van der Waals surface area contributed by atoms with Crippen molar-refractivity contribution in [3.05, 3.63) is 59.7 Å². The summed E-state index contributed by atoms with van der Waals surface area (Å²) in [6.45, 7) is 7.56. The van der Waals surface area contributed by atoms with Crippen molar-refractivity contribution >= 4 is 23.4 Å². The van der Waals surface area contributed by atoms with Crippen LogP contribution in [0.15, 0.2) is 48.5 Å². The highest BCUT2D eigenvalue weighted by Crippen LogP contribution is 2.33. The van der Waals surface area contributed by atoms with Crippen LogP contribution in [0.1, 0.15) is 42.6 Å². The summed E-state index contributed by atoms with van der Waals surface area (Å²) in [4.78, 5) is 43.9. The summed E-state index contributed by atoms with van der Waals surface area (Å²) in [5.74, 6) is -0.101. The molecule has 0 spiro atoms. The minimum Gasteiger partial charge on any atom is -0.482 e. The fourth-order valence-electron chi connectivity index (χ4n) is 4.70. The second kappa shape index (κ2) is 11.4. The number of hydrogen-bond donors (Lipinski definition) is 1. The predicted octanol–water partition coefficient (Wildman–Crippen LogP) is 2.67. The first kappa shape index (κ1) is 24.7. The maximum Gasteiger partial charge on any atom is 0.265 e. The number of fused-ring (bicyclic) bond motifs is 1. The van der Waals surface area contributed by atoms with Gasteiger partial charge in [-0.1, -0.05) is 30.3 Å². The molecule has 0 saturated carbocycles. The lowest BCUT2D eigenvalue weighted by atomic mass is 10.0. The quantitative estimate of drug-likeness (QED) is 0.631. The monoisotopic (exact) mass is 478 g/mol. The van der Waals surface area contributed by atoms with E-state index in [1.165, 1.54) is 10.5 Å². The van der Waals surface area contributed by atoms with E-state index in [1.54, 1.807) is 23.1 Å². The van der Waals surface area contributed by atoms with Crippen LogP contribution in [0.4, 0.5) is 5.69 Å². The second-order valence-electron chi connectivity index (χ2n) is 9.03. The molecule has 186 valence electrons. The van der Waals surface area contributed by atoms with Crippen molar-refractivity contribution in [3.63, 3.8) is 0 Å². The van der Waals surface area contributed by atoms with Crippen LogP contribution in [0.3, 0.4) is 0 Å². The fourth-order valence-corrected chi connectivity index (χ4v) is 4.70. The second-order valence-corrected chi connectivity index (χ2v) is 9.03. The highest BCUT2D eigenvalue weighted by atomic mass is 16.5. The van der Waals surface area contributed by atoms with E-state index in [-0.39, 0.29) is 36.9 Å². The number of rotatable bonds is 8. The molecule has 2 aliphatic rings. The molecule has 2 aromatic rings. The van der Waals surface area contributed by atoms with Crippen molar-refractivity contribution in [3.8, 4) is 5.75 Å². The standard InChI is InChI=1S/C27H34N4O4/c1-3-30(4-2)27(34)21-10-11-24-23(16-21)31(26(33)19-35-24)18-25(32)28-22-12-14-29(15-13-22)17-20-8-6-5-7-9-20/h5-11,16,22H,3-4,12-15,17-19H2,1-2H3,(H,28,32). The topological polar surface area (TPSA) is 82.2 Å². The Kier molecular flexibility index (Phi) is 8.02. The van der Waals surface area contributed by atoms with Crippen molar-refractivity contribution in [1.82, 2.24) is 15.1 Å². The average molecular weight is 479 g/mol. The molecule has 35 heavy (non-hydrogen) atoms. The number of amides is 3. The SMILES string of the molecule is CCN(CC)C(=O)c1ccc2c(c1)N(CC(=O)NC1CCN(Cc3ccccc3)CC1)C(=O)CO2. The van der Waals surface area contributed by atoms with Crippen LogP contribution in [-0.4, -0.2) is 72.9 Å². The van der Waals surface area contributed by atoms with Gasteiger partial charge in [0.1, 0.15) is 12.3 Å². The average Bonchev–Trinajstić information content (AvgIpc) is 2.88. The summed E-state index contributed by atoms with van der Waals surface area (Å²) in [6, 6.07) is 15.5. The number of hydrogen-bond acceptors (Lipinski definition) is 5. The van der Waals surface area contributed by atoms with Gasteiger partial charge in [0.25, 0.3) is 11.8 Å². The predicted molar refractivity (Wildman–Crippen MR) is 134 cm³/mol. The molecule has 2 aromatic carbocycles. The molecule has 2 heterocycles. The van der Waals surface area contributed by atoms with Gasteiger partial charge in [-0.15, -0.1) is 0 Å². The molecule has 1 fully saturated rings. The first-order valence-electron chi connectivity index (χ1n) is 12.4. The van der Waals surface area contributed by atoms with Crippen molar-refractivity contribution in [2.75, 3.05) is 44.2 Å². The minimum atomic E-state index is -0.294. The lowest BCUT2D eigenvalue weighted by Gasteiger charge is -2.33. The Labute approximate surface area is 206 Å². The Morgan fingerprint density at radius 1 is 1.06 bits per heavy atom. The van der Waals surface area contributed by atoms with Crippen LogP contribution in [0.5, 0.6) is 5.75 Å². The van der Waals surface area contributed by atoms with E-state index < -0.39 is 0 Å². The smallest absolute Gasteiger partial charge is 0.265 e. The maximum absolute atomic E-state index is 12.9. The molecular weight excluding hydrogens is 444 g/mol. The van der Waals surface area contributed by atoms with Crippen LogP contribution in [0.2, 0.25) is 0 Å². The van der Waals surface area contributed by atoms with Crippen molar-refractivity contribution in [2.24, 2.45) is 0 Å². The lowest BCUT2D eigenvalue weighted by Crippen LogP contribution is -2.49. The van der Waals surface area contributed by atoms with Crippen molar-refractivity contribution in [1.29, 1.82) is 0 Å². The summed E-state index contributed by atoms with van der Waals surface area (Å²) >= 11 is 0. The normalized spacial score (nSPS) is 16.4. The third-order valence-corrected chi connectivity index (χ3v) is 6.70. The van der Waals surface area contributed by atoms with E-state index in [9.17, 15) is 14.4 Å². The van der Waals surface area contributed by atoms with Crippen molar-refractivity contribution in [2.45, 2.75) is 39.3 Å². The fraction of sp³-hybridized carbons (Fsp3) is 0.444. The highest BCUT2D eigenvalue weighted by Gasteiger charge is 2.30. The van der Waals surface area contributed by atoms with Gasteiger partial charge in [0.05, 0.1) is 5.69 Å². The molecule has 0 aliphatic carbocycles. The summed E-state index contributed by atoms with van der Waals surface area (Å²) < 4.78 is 5.55. The van der Waals surface area contributed by atoms with Crippen LogP contribution in [0.25, 0.3) is 0 Å². The number of benzene rings is 2. The van der Waals surface area contributed by atoms with Gasteiger partial charge in [-0.3, -0.25) is 24.2 Å². The van der Waals surface area contributed by atoms with Crippen molar-refractivity contribution < 1.29 is 19.1 Å². The Hall–Kier alpha value is -3.39. The zero-order valence-electron chi connectivity index (χ0n) is 20.5. The summed E-state index contributed by atoms with van der Waals surface area (Å²) in [7, 11) is 0. The minimum absolute atomic E-state index is 0.0840. The molecule has 0 bridgehead atoms. The Balaban J connectivity index is 1.36. The highest BCUT2D eigenvalue weighted by molar-refractivity contribution is 6.04. The molecule has 8 heteroatoms. The van der Waals surface area contributed by atoms with Crippen LogP contribution in [-0.2, 0) is 16.1 Å². The van der Waals surface area contributed by atoms with Crippen LogP contribution < -0.4 is 15.0 Å². The van der Waals surface area contributed by atoms with Gasteiger partial charge in [-0.2, -0.15) is 0 Å². The largest absolute Gasteiger partial charge is 0.482 e. The third-order valence-electron chi connectivity index (χ3n) is 6.70. The van der Waals surface area contributed by atoms with E-state index in [4.69, 9.17) is 4.74 Å². The summed E-state index contributed by atoms with van der Waals surface area (Å²) in [5.41, 5.74) is 2.23. The summed E-state index contributed by atoms with van der Waals surface area (Å²) in [6.07, 6.45) is 1.74. The molecule has 0 atom stereocenters. The molecule has 0 unspecified atom stereocenters. The molecule has 4 rings (SSSR count). The van der Waals surface area contributed by atoms with Gasteiger partial charge >= 0.3 is 0 Å². The van der Waals surface area contributed by atoms with Gasteiger partial charge < -0.3 is 15.0 Å². The Morgan fingerprint density at radius 3 is 2.46 bits per heavy atom. The molecule has 3 amide bonds. The Bertz CT molecular complexity index is 1050. The molecule has 0 aromatic heterocycles. The van der Waals surface area contributed by atoms with Gasteiger partial charge in [0, 0.05) is 44.3 Å². The van der Waals surface area contributed by atoms with E-state index in [2.05, 4.69) is 34.5 Å². The van der Waals surface area contributed by atoms with E-state index in [1.807, 2.05) is 19.9 Å². The van der Waals surface area contributed by atoms with E-state index in [0.717, 1.165) is 32.5 Å². The molecule has 1 saturated heterocycles. The molecule has 8 nitrogen and oxygen atoms in total. The molecule has 0 radical (unpaired) electrons. The third kappa shape index (κ3) is 6.00. The number of anilines is 1. The molecular formula is C27H34N4O4. The van der Waals surface area contributed by atoms with Gasteiger partial charge in [0.2, 0.25) is 5.91 Å². The number of carbonyl (C=O) groups excluding carboxylic acids is 3. The zero-order chi connectivity index (χ0) is 24.8. The number of ether oxygens (including phenoxy) is 1. The maximum atomic E-state index is 12.9. The van der Waals surface area contributed by atoms with Gasteiger partial charge in [-0.05, 0) is 50.5 Å². The lowest BCUT2D eigenvalue weighted by molar-refractivity contribution is -0.125. The zero-order valence-corrected chi connectivity index (χ0v) is 20.5.